The zero-order valence-electron chi connectivity index (χ0n) is 9.89. The fourth-order valence-corrected chi connectivity index (χ4v) is 4.41. The maximum atomic E-state index is 13.3. The first-order valence-electron chi connectivity index (χ1n) is 5.55. The zero-order chi connectivity index (χ0) is 12.7. The van der Waals surface area contributed by atoms with Crippen molar-refractivity contribution in [3.05, 3.63) is 35.6 Å². The molecule has 0 aromatic heterocycles. The van der Waals surface area contributed by atoms with Gasteiger partial charge in [0.05, 0.1) is 0 Å². The SMILES string of the molecule is CSCCCC(CBr)(CBr)c1cccc(F)c1. The molecule has 0 atom stereocenters. The van der Waals surface area contributed by atoms with Crippen molar-refractivity contribution in [3.8, 4) is 0 Å². The second kappa shape index (κ2) is 7.80. The summed E-state index contributed by atoms with van der Waals surface area (Å²) in [5.41, 5.74) is 1.07. The van der Waals surface area contributed by atoms with Gasteiger partial charge in [-0.2, -0.15) is 11.8 Å². The van der Waals surface area contributed by atoms with Gasteiger partial charge in [0.15, 0.2) is 0 Å². The van der Waals surface area contributed by atoms with Crippen molar-refractivity contribution in [2.24, 2.45) is 0 Å². The number of hydrogen-bond acceptors (Lipinski definition) is 1. The predicted octanol–water partition coefficient (Wildman–Crippen LogP) is 5.00. The molecule has 0 aliphatic rings. The number of thioether (sulfide) groups is 1. The normalized spacial score (nSPS) is 11.8. The maximum Gasteiger partial charge on any atom is 0.123 e. The van der Waals surface area contributed by atoms with Gasteiger partial charge in [-0.15, -0.1) is 0 Å². The molecule has 4 heteroatoms. The van der Waals surface area contributed by atoms with Crippen LogP contribution in [-0.4, -0.2) is 22.7 Å². The lowest BCUT2D eigenvalue weighted by molar-refractivity contribution is 0.495. The summed E-state index contributed by atoms with van der Waals surface area (Å²) in [5, 5.41) is 1.70. The van der Waals surface area contributed by atoms with Crippen LogP contribution in [0, 0.1) is 5.82 Å². The molecule has 17 heavy (non-hydrogen) atoms. The Kier molecular flexibility index (Phi) is 7.12. The van der Waals surface area contributed by atoms with E-state index in [1.807, 2.05) is 17.8 Å². The molecule has 0 fully saturated rings. The van der Waals surface area contributed by atoms with Crippen LogP contribution in [0.2, 0.25) is 0 Å². The molecule has 0 spiro atoms. The van der Waals surface area contributed by atoms with Gasteiger partial charge in [0.2, 0.25) is 0 Å². The maximum absolute atomic E-state index is 13.3. The first-order valence-corrected chi connectivity index (χ1v) is 9.19. The largest absolute Gasteiger partial charge is 0.207 e. The number of hydrogen-bond donors (Lipinski definition) is 0. The summed E-state index contributed by atoms with van der Waals surface area (Å²) in [7, 11) is 0. The minimum absolute atomic E-state index is 0.00215. The molecule has 0 saturated heterocycles. The van der Waals surface area contributed by atoms with Gasteiger partial charge in [-0.05, 0) is 42.5 Å². The average molecular weight is 384 g/mol. The van der Waals surface area contributed by atoms with Gasteiger partial charge >= 0.3 is 0 Å². The highest BCUT2D eigenvalue weighted by molar-refractivity contribution is 9.09. The first kappa shape index (κ1) is 15.5. The standard InChI is InChI=1S/C13H17Br2FS/c1-17-7-3-6-13(9-14,10-15)11-4-2-5-12(16)8-11/h2,4-5,8H,3,6-7,9-10H2,1H3. The monoisotopic (exact) mass is 382 g/mol. The Balaban J connectivity index is 2.89. The minimum Gasteiger partial charge on any atom is -0.207 e. The third-order valence-corrected chi connectivity index (χ3v) is 5.80. The van der Waals surface area contributed by atoms with Crippen LogP contribution in [0.25, 0.3) is 0 Å². The predicted molar refractivity (Wildman–Crippen MR) is 83.3 cm³/mol. The fraction of sp³-hybridized carbons (Fsp3) is 0.538. The van der Waals surface area contributed by atoms with Gasteiger partial charge in [0.1, 0.15) is 5.82 Å². The van der Waals surface area contributed by atoms with Gasteiger partial charge in [-0.3, -0.25) is 0 Å². The van der Waals surface area contributed by atoms with Gasteiger partial charge in [-0.1, -0.05) is 44.0 Å². The zero-order valence-corrected chi connectivity index (χ0v) is 13.9. The van der Waals surface area contributed by atoms with E-state index in [1.165, 1.54) is 6.07 Å². The molecule has 0 unspecified atom stereocenters. The van der Waals surface area contributed by atoms with Crippen LogP contribution in [0.5, 0.6) is 0 Å². The van der Waals surface area contributed by atoms with Gasteiger partial charge < -0.3 is 0 Å². The van der Waals surface area contributed by atoms with Crippen LogP contribution < -0.4 is 0 Å². The summed E-state index contributed by atoms with van der Waals surface area (Å²) in [4.78, 5) is 0. The van der Waals surface area contributed by atoms with Crippen molar-refractivity contribution in [1.82, 2.24) is 0 Å². The number of alkyl halides is 2. The van der Waals surface area contributed by atoms with E-state index in [0.717, 1.165) is 34.8 Å². The van der Waals surface area contributed by atoms with Crippen LogP contribution in [0.4, 0.5) is 4.39 Å². The number of rotatable bonds is 7. The molecule has 1 aromatic carbocycles. The Morgan fingerprint density at radius 1 is 1.29 bits per heavy atom. The van der Waals surface area contributed by atoms with Crippen molar-refractivity contribution < 1.29 is 4.39 Å². The third kappa shape index (κ3) is 4.25. The van der Waals surface area contributed by atoms with E-state index in [0.29, 0.717) is 0 Å². The van der Waals surface area contributed by atoms with Crippen molar-refractivity contribution in [1.29, 1.82) is 0 Å². The van der Waals surface area contributed by atoms with Crippen LogP contribution in [0.15, 0.2) is 24.3 Å². The Hall–Kier alpha value is 0.460. The number of halogens is 3. The van der Waals surface area contributed by atoms with E-state index >= 15 is 0 Å². The first-order chi connectivity index (χ1) is 8.18. The van der Waals surface area contributed by atoms with E-state index in [4.69, 9.17) is 0 Å². The molecular formula is C13H17Br2FS. The van der Waals surface area contributed by atoms with Crippen LogP contribution >= 0.6 is 43.6 Å². The molecule has 0 amide bonds. The lowest BCUT2D eigenvalue weighted by Crippen LogP contribution is -2.30. The molecule has 0 aliphatic carbocycles. The summed E-state index contributed by atoms with van der Waals surface area (Å²) in [5.74, 6) is 0.996. The van der Waals surface area contributed by atoms with Crippen molar-refractivity contribution >= 4 is 43.6 Å². The molecule has 0 aliphatic heterocycles. The summed E-state index contributed by atoms with van der Waals surface area (Å²) in [6, 6.07) is 6.96. The van der Waals surface area contributed by atoms with Crippen LogP contribution in [-0.2, 0) is 5.41 Å². The smallest absolute Gasteiger partial charge is 0.123 e. The second-order valence-electron chi connectivity index (χ2n) is 4.15. The Bertz CT molecular complexity index is 340. The Morgan fingerprint density at radius 3 is 2.53 bits per heavy atom. The highest BCUT2D eigenvalue weighted by Crippen LogP contribution is 2.34. The topological polar surface area (TPSA) is 0 Å². The van der Waals surface area contributed by atoms with Crippen molar-refractivity contribution in [2.45, 2.75) is 18.3 Å². The molecule has 1 aromatic rings. The summed E-state index contributed by atoms with van der Waals surface area (Å²) < 4.78 is 13.3. The molecule has 0 nitrogen and oxygen atoms in total. The van der Waals surface area contributed by atoms with E-state index in [2.05, 4.69) is 38.1 Å². The minimum atomic E-state index is -0.154. The van der Waals surface area contributed by atoms with E-state index in [9.17, 15) is 4.39 Å². The molecular weight excluding hydrogens is 367 g/mol. The van der Waals surface area contributed by atoms with Gasteiger partial charge in [-0.25, -0.2) is 4.39 Å². The van der Waals surface area contributed by atoms with Crippen LogP contribution in [0.3, 0.4) is 0 Å². The molecule has 0 N–H and O–H groups in total. The molecule has 96 valence electrons. The van der Waals surface area contributed by atoms with E-state index < -0.39 is 0 Å². The highest BCUT2D eigenvalue weighted by atomic mass is 79.9. The molecule has 1 rings (SSSR count). The van der Waals surface area contributed by atoms with Gasteiger partial charge in [0.25, 0.3) is 0 Å². The summed E-state index contributed by atoms with van der Waals surface area (Å²) >= 11 is 9.03. The van der Waals surface area contributed by atoms with Gasteiger partial charge in [0, 0.05) is 16.1 Å². The molecule has 0 saturated carbocycles. The molecule has 0 heterocycles. The van der Waals surface area contributed by atoms with E-state index in [-0.39, 0.29) is 11.2 Å². The quantitative estimate of drug-likeness (QED) is 0.471. The van der Waals surface area contributed by atoms with Crippen molar-refractivity contribution in [3.63, 3.8) is 0 Å². The average Bonchev–Trinajstić information content (AvgIpc) is 2.35. The van der Waals surface area contributed by atoms with Crippen LogP contribution in [0.1, 0.15) is 18.4 Å². The number of benzene rings is 1. The third-order valence-electron chi connectivity index (χ3n) is 2.95. The highest BCUT2D eigenvalue weighted by Gasteiger charge is 2.29. The molecule has 0 bridgehead atoms. The Morgan fingerprint density at radius 2 is 2.00 bits per heavy atom. The van der Waals surface area contributed by atoms with Crippen molar-refractivity contribution in [2.75, 3.05) is 22.7 Å². The fourth-order valence-electron chi connectivity index (χ4n) is 1.84. The summed E-state index contributed by atoms with van der Waals surface area (Å²) in [6.45, 7) is 0. The Labute approximate surface area is 124 Å². The molecule has 0 radical (unpaired) electrons. The summed E-state index contributed by atoms with van der Waals surface area (Å²) in [6.07, 6.45) is 4.33. The lowest BCUT2D eigenvalue weighted by Gasteiger charge is -2.30. The van der Waals surface area contributed by atoms with E-state index in [1.54, 1.807) is 12.1 Å². The second-order valence-corrected chi connectivity index (χ2v) is 6.26. The lowest BCUT2D eigenvalue weighted by atomic mass is 9.80.